The molecule has 5 rings (SSSR count). The van der Waals surface area contributed by atoms with E-state index in [-0.39, 0.29) is 17.8 Å². The van der Waals surface area contributed by atoms with Gasteiger partial charge >= 0.3 is 0 Å². The van der Waals surface area contributed by atoms with Crippen LogP contribution < -0.4 is 14.4 Å². The minimum absolute atomic E-state index is 0.180. The number of hydrogen-bond donors (Lipinski definition) is 0. The summed E-state index contributed by atoms with van der Waals surface area (Å²) >= 11 is 0. The van der Waals surface area contributed by atoms with Gasteiger partial charge < -0.3 is 14.4 Å². The van der Waals surface area contributed by atoms with Crippen molar-refractivity contribution >= 4 is 11.5 Å². The average molecular weight is 458 g/mol. The van der Waals surface area contributed by atoms with Gasteiger partial charge in [0.15, 0.2) is 5.78 Å². The molecule has 34 heavy (non-hydrogen) atoms. The molecule has 0 radical (unpaired) electrons. The van der Waals surface area contributed by atoms with Gasteiger partial charge in [-0.1, -0.05) is 36.8 Å². The number of hydrogen-bond acceptors (Lipinski definition) is 4. The Morgan fingerprint density at radius 1 is 1.03 bits per heavy atom. The largest absolute Gasteiger partial charge is 0.493 e. The summed E-state index contributed by atoms with van der Waals surface area (Å²) in [6, 6.07) is 16.8. The van der Waals surface area contributed by atoms with Crippen LogP contribution in [0.2, 0.25) is 0 Å². The number of nitrogens with zero attached hydrogens (tertiary/aromatic N) is 1. The number of rotatable bonds is 10. The molecule has 2 fully saturated rings. The Labute approximate surface area is 203 Å². The van der Waals surface area contributed by atoms with Crippen LogP contribution in [0.3, 0.4) is 0 Å². The monoisotopic (exact) mass is 457 g/mol. The second-order valence-electron chi connectivity index (χ2n) is 10.1. The minimum Gasteiger partial charge on any atom is -0.493 e. The zero-order valence-corrected chi connectivity index (χ0v) is 20.3. The van der Waals surface area contributed by atoms with Crippen molar-refractivity contribution < 1.29 is 14.3 Å². The Balaban J connectivity index is 1.11. The van der Waals surface area contributed by atoms with E-state index in [0.717, 1.165) is 55.5 Å². The maximum Gasteiger partial charge on any atom is 0.163 e. The van der Waals surface area contributed by atoms with Crippen LogP contribution in [0.25, 0.3) is 0 Å². The number of ether oxygens (including phenoxy) is 2. The summed E-state index contributed by atoms with van der Waals surface area (Å²) in [4.78, 5) is 15.0. The molecular formula is C30H35NO3. The molecule has 2 aliphatic carbocycles. The number of anilines is 1. The molecule has 2 atom stereocenters. The third kappa shape index (κ3) is 5.55. The first kappa shape index (κ1) is 22.8. The normalized spacial score (nSPS) is 20.6. The first-order valence-electron chi connectivity index (χ1n) is 12.7. The predicted octanol–water partition coefficient (Wildman–Crippen LogP) is 6.47. The predicted molar refractivity (Wildman–Crippen MR) is 137 cm³/mol. The van der Waals surface area contributed by atoms with Gasteiger partial charge in [-0.3, -0.25) is 4.79 Å². The van der Waals surface area contributed by atoms with Gasteiger partial charge in [0.05, 0.1) is 13.2 Å². The number of ketones is 1. The highest BCUT2D eigenvalue weighted by Crippen LogP contribution is 2.31. The molecule has 0 spiro atoms. The van der Waals surface area contributed by atoms with Gasteiger partial charge in [-0.25, -0.2) is 0 Å². The van der Waals surface area contributed by atoms with Gasteiger partial charge in [0.1, 0.15) is 17.6 Å². The molecule has 2 aromatic carbocycles. The Morgan fingerprint density at radius 2 is 1.76 bits per heavy atom. The fraction of sp³-hybridized carbons (Fsp3) is 0.433. The van der Waals surface area contributed by atoms with E-state index in [9.17, 15) is 4.79 Å². The van der Waals surface area contributed by atoms with Gasteiger partial charge in [-0.05, 0) is 80.0 Å². The van der Waals surface area contributed by atoms with Crippen molar-refractivity contribution in [1.82, 2.24) is 0 Å². The number of carbonyl (C=O) groups excluding carboxylic acids is 1. The average Bonchev–Trinajstić information content (AvgIpc) is 3.39. The lowest BCUT2D eigenvalue weighted by molar-refractivity contribution is -0.115. The zero-order valence-electron chi connectivity index (χ0n) is 20.3. The summed E-state index contributed by atoms with van der Waals surface area (Å²) in [5.74, 6) is 3.06. The molecule has 1 aliphatic heterocycles. The molecule has 1 heterocycles. The third-order valence-electron chi connectivity index (χ3n) is 7.24. The molecule has 0 amide bonds. The van der Waals surface area contributed by atoms with Gasteiger partial charge in [0.2, 0.25) is 0 Å². The summed E-state index contributed by atoms with van der Waals surface area (Å²) < 4.78 is 12.1. The maximum absolute atomic E-state index is 12.6. The summed E-state index contributed by atoms with van der Waals surface area (Å²) in [7, 11) is 0. The highest BCUT2D eigenvalue weighted by molar-refractivity contribution is 5.99. The van der Waals surface area contributed by atoms with Crippen molar-refractivity contribution in [2.24, 2.45) is 5.92 Å². The van der Waals surface area contributed by atoms with Crippen LogP contribution in [0, 0.1) is 5.92 Å². The summed E-state index contributed by atoms with van der Waals surface area (Å²) in [6.45, 7) is 6.90. The van der Waals surface area contributed by atoms with E-state index < -0.39 is 0 Å². The second-order valence-corrected chi connectivity index (χ2v) is 10.1. The van der Waals surface area contributed by atoms with Crippen molar-refractivity contribution in [1.29, 1.82) is 0 Å². The van der Waals surface area contributed by atoms with Crippen LogP contribution in [0.5, 0.6) is 11.5 Å². The fourth-order valence-electron chi connectivity index (χ4n) is 4.82. The molecule has 0 unspecified atom stereocenters. The van der Waals surface area contributed by atoms with Gasteiger partial charge in [0.25, 0.3) is 0 Å². The molecule has 1 saturated heterocycles. The molecule has 2 aromatic rings. The lowest BCUT2D eigenvalue weighted by Crippen LogP contribution is -2.24. The topological polar surface area (TPSA) is 38.8 Å². The van der Waals surface area contributed by atoms with Gasteiger partial charge in [-0.2, -0.15) is 0 Å². The van der Waals surface area contributed by atoms with Gasteiger partial charge in [0, 0.05) is 30.6 Å². The van der Waals surface area contributed by atoms with E-state index in [1.165, 1.54) is 29.7 Å². The highest BCUT2D eigenvalue weighted by Gasteiger charge is 2.25. The van der Waals surface area contributed by atoms with Gasteiger partial charge in [-0.15, -0.1) is 0 Å². The van der Waals surface area contributed by atoms with E-state index in [1.54, 1.807) is 0 Å². The number of Topliss-reactive ketones (excluding diaryl/α,β-unsaturated/α-hetero) is 1. The third-order valence-corrected chi connectivity index (χ3v) is 7.24. The van der Waals surface area contributed by atoms with Crippen molar-refractivity contribution in [3.63, 3.8) is 0 Å². The summed E-state index contributed by atoms with van der Waals surface area (Å²) in [5.41, 5.74) is 4.49. The van der Waals surface area contributed by atoms with E-state index in [4.69, 9.17) is 9.47 Å². The Kier molecular flexibility index (Phi) is 6.75. The molecule has 0 bridgehead atoms. The molecule has 4 nitrogen and oxygen atoms in total. The van der Waals surface area contributed by atoms with Crippen molar-refractivity contribution in [2.75, 3.05) is 24.6 Å². The first-order valence-corrected chi connectivity index (χ1v) is 12.7. The van der Waals surface area contributed by atoms with Crippen molar-refractivity contribution in [3.8, 4) is 11.5 Å². The first-order chi connectivity index (χ1) is 16.5. The Bertz CT molecular complexity index is 1060. The molecule has 1 saturated carbocycles. The van der Waals surface area contributed by atoms with E-state index in [2.05, 4.69) is 54.3 Å². The molecule has 178 valence electrons. The molecule has 0 N–H and O–H groups in total. The molecule has 0 aromatic heterocycles. The number of carbonyl (C=O) groups is 1. The molecule has 3 aliphatic rings. The van der Waals surface area contributed by atoms with Crippen LogP contribution in [-0.2, 0) is 4.79 Å². The summed E-state index contributed by atoms with van der Waals surface area (Å²) in [6.07, 6.45) is 9.30. The quantitative estimate of drug-likeness (QED) is 0.410. The molecule has 4 heteroatoms. The maximum atomic E-state index is 12.6. The van der Waals surface area contributed by atoms with E-state index in [0.29, 0.717) is 6.42 Å². The van der Waals surface area contributed by atoms with Crippen LogP contribution in [0.4, 0.5) is 5.69 Å². The zero-order chi connectivity index (χ0) is 23.5. The SMILES string of the molecule is CC1=C(C(=O)C[C@@H](C)c2ccc(O[C@@H]3CCN(c4ccc(OCC5CC5)cc4)C3)cc2)C=CC1. The number of allylic oxidation sites excluding steroid dienone is 4. The minimum atomic E-state index is 0.180. The number of benzene rings is 2. The van der Waals surface area contributed by atoms with E-state index >= 15 is 0 Å². The van der Waals surface area contributed by atoms with Crippen molar-refractivity contribution in [3.05, 3.63) is 77.4 Å². The second kappa shape index (κ2) is 10.1. The van der Waals surface area contributed by atoms with Crippen LogP contribution in [-0.4, -0.2) is 31.6 Å². The standard InChI is InChI=1S/C30H35NO3/c1-21-4-3-5-29(21)30(32)18-22(2)24-8-12-27(13-9-24)34-28-16-17-31(19-28)25-10-14-26(15-11-25)33-20-23-6-7-23/h3,5,8-15,22-23,28H,4,6-7,16-20H2,1-2H3/t22-,28-/m1/s1. The lowest BCUT2D eigenvalue weighted by Gasteiger charge is -2.20. The van der Waals surface area contributed by atoms with Crippen LogP contribution in [0.15, 0.2) is 71.8 Å². The fourth-order valence-corrected chi connectivity index (χ4v) is 4.82. The van der Waals surface area contributed by atoms with Crippen LogP contribution in [0.1, 0.15) is 57.4 Å². The molecular weight excluding hydrogens is 422 g/mol. The summed E-state index contributed by atoms with van der Waals surface area (Å²) in [5, 5.41) is 0. The Morgan fingerprint density at radius 3 is 2.44 bits per heavy atom. The highest BCUT2D eigenvalue weighted by atomic mass is 16.5. The van der Waals surface area contributed by atoms with Crippen molar-refractivity contribution in [2.45, 2.75) is 58.0 Å². The van der Waals surface area contributed by atoms with E-state index in [1.807, 2.05) is 25.1 Å². The smallest absolute Gasteiger partial charge is 0.163 e. The van der Waals surface area contributed by atoms with Crippen LogP contribution >= 0.6 is 0 Å². The Hall–Kier alpha value is -3.01. The lowest BCUT2D eigenvalue weighted by atomic mass is 9.92.